The quantitative estimate of drug-likeness (QED) is 0.658. The molecule has 2 aromatic rings. The van der Waals surface area contributed by atoms with Gasteiger partial charge in [-0.1, -0.05) is 0 Å². The lowest BCUT2D eigenvalue weighted by Crippen LogP contribution is -2.28. The van der Waals surface area contributed by atoms with E-state index in [-0.39, 0.29) is 0 Å². The summed E-state index contributed by atoms with van der Waals surface area (Å²) in [7, 11) is 1.76. The maximum absolute atomic E-state index is 12.5. The third-order valence-corrected chi connectivity index (χ3v) is 3.34. The number of hydrogen-bond acceptors (Lipinski definition) is 5. The number of hydrogen-bond donors (Lipinski definition) is 2. The number of aryl methyl sites for hydroxylation is 1. The normalized spacial score (nSPS) is 13.8. The van der Waals surface area contributed by atoms with E-state index in [2.05, 4.69) is 15.4 Å². The highest BCUT2D eigenvalue weighted by molar-refractivity contribution is 7.11. The second-order valence-electron chi connectivity index (χ2n) is 3.63. The van der Waals surface area contributed by atoms with Gasteiger partial charge in [-0.05, 0) is 0 Å². The van der Waals surface area contributed by atoms with Crippen molar-refractivity contribution in [3.63, 3.8) is 0 Å². The minimum atomic E-state index is -4.44. The topological polar surface area (TPSA) is 68.8 Å². The zero-order chi connectivity index (χ0) is 13.3. The summed E-state index contributed by atoms with van der Waals surface area (Å²) in [5.74, 6) is 5.36. The van der Waals surface area contributed by atoms with Gasteiger partial charge in [0.15, 0.2) is 5.01 Å². The minimum Gasteiger partial charge on any atom is -0.340 e. The van der Waals surface area contributed by atoms with Gasteiger partial charge in [-0.15, -0.1) is 11.3 Å². The molecule has 0 aliphatic carbocycles. The lowest BCUT2D eigenvalue weighted by Gasteiger charge is -2.10. The highest BCUT2D eigenvalue weighted by atomic mass is 32.1. The van der Waals surface area contributed by atoms with Crippen LogP contribution in [0.1, 0.15) is 21.6 Å². The van der Waals surface area contributed by atoms with Crippen molar-refractivity contribution in [2.45, 2.75) is 12.2 Å². The molecule has 2 aromatic heterocycles. The average molecular weight is 277 g/mol. The third kappa shape index (κ3) is 2.52. The molecule has 0 bridgehead atoms. The van der Waals surface area contributed by atoms with Crippen LogP contribution < -0.4 is 11.3 Å². The summed E-state index contributed by atoms with van der Waals surface area (Å²) >= 11 is 0.549. The van der Waals surface area contributed by atoms with Crippen molar-refractivity contribution >= 4 is 11.3 Å². The van der Waals surface area contributed by atoms with Crippen molar-refractivity contribution in [2.24, 2.45) is 12.9 Å². The predicted molar refractivity (Wildman–Crippen MR) is 59.5 cm³/mol. The molecule has 9 heteroatoms. The summed E-state index contributed by atoms with van der Waals surface area (Å²) in [6.07, 6.45) is -0.0538. The Morgan fingerprint density at radius 2 is 2.17 bits per heavy atom. The summed E-state index contributed by atoms with van der Waals surface area (Å²) in [5, 5.41) is -0.895. The average Bonchev–Trinajstić information content (AvgIpc) is 2.88. The Morgan fingerprint density at radius 3 is 2.61 bits per heavy atom. The summed E-state index contributed by atoms with van der Waals surface area (Å²) in [5.41, 5.74) is 2.98. The first kappa shape index (κ1) is 13.0. The Kier molecular flexibility index (Phi) is 3.37. The largest absolute Gasteiger partial charge is 0.443 e. The van der Waals surface area contributed by atoms with Gasteiger partial charge in [-0.3, -0.25) is 5.84 Å². The number of nitrogens with two attached hydrogens (primary N) is 1. The van der Waals surface area contributed by atoms with Gasteiger partial charge in [0.1, 0.15) is 6.04 Å². The molecule has 2 heterocycles. The monoisotopic (exact) mass is 277 g/mol. The van der Waals surface area contributed by atoms with Gasteiger partial charge < -0.3 is 4.57 Å². The number of aromatic nitrogens is 3. The van der Waals surface area contributed by atoms with E-state index in [0.29, 0.717) is 21.9 Å². The molecule has 0 saturated heterocycles. The van der Waals surface area contributed by atoms with Crippen LogP contribution in [0.25, 0.3) is 0 Å². The van der Waals surface area contributed by atoms with Crippen molar-refractivity contribution < 1.29 is 13.2 Å². The molecular formula is C9H10F3N5S. The minimum absolute atomic E-state index is 0.364. The van der Waals surface area contributed by atoms with Crippen LogP contribution in [0.5, 0.6) is 0 Å². The SMILES string of the molecule is Cn1cnc(C(NN)c2cnc(C(F)(F)F)s2)c1. The molecule has 0 spiro atoms. The van der Waals surface area contributed by atoms with Crippen LogP contribution >= 0.6 is 11.3 Å². The number of rotatable bonds is 3. The predicted octanol–water partition coefficient (Wildman–Crippen LogP) is 1.45. The number of halogens is 3. The molecule has 0 fully saturated rings. The number of hydrazine groups is 1. The van der Waals surface area contributed by atoms with Crippen LogP contribution in [0.4, 0.5) is 13.2 Å². The molecule has 0 aliphatic rings. The number of alkyl halides is 3. The first-order valence-electron chi connectivity index (χ1n) is 4.88. The maximum Gasteiger partial charge on any atom is 0.443 e. The standard InChI is InChI=1S/C9H10F3N5S/c1-17-3-5(15-4-17)7(16-13)6-2-14-8(18-6)9(10,11)12/h2-4,7,16H,13H2,1H3. The Bertz CT molecular complexity index is 532. The van der Waals surface area contributed by atoms with Gasteiger partial charge in [0.25, 0.3) is 0 Å². The fourth-order valence-electron chi connectivity index (χ4n) is 1.45. The molecule has 0 radical (unpaired) electrons. The smallest absolute Gasteiger partial charge is 0.340 e. The van der Waals surface area contributed by atoms with Crippen molar-refractivity contribution in [1.82, 2.24) is 20.0 Å². The highest BCUT2D eigenvalue weighted by Crippen LogP contribution is 2.35. The number of nitrogens with one attached hydrogen (secondary N) is 1. The van der Waals surface area contributed by atoms with Gasteiger partial charge in [0.2, 0.25) is 0 Å². The molecule has 1 atom stereocenters. The number of nitrogens with zero attached hydrogens (tertiary/aromatic N) is 3. The van der Waals surface area contributed by atoms with E-state index < -0.39 is 17.2 Å². The maximum atomic E-state index is 12.5. The number of thiazole rings is 1. The van der Waals surface area contributed by atoms with Gasteiger partial charge in [0, 0.05) is 24.3 Å². The van der Waals surface area contributed by atoms with Crippen LogP contribution in [0.15, 0.2) is 18.7 Å². The summed E-state index contributed by atoms with van der Waals surface area (Å²) < 4.78 is 39.0. The number of imidazole rings is 1. The summed E-state index contributed by atoms with van der Waals surface area (Å²) in [6, 6.07) is -0.597. The van der Waals surface area contributed by atoms with Gasteiger partial charge in [0.05, 0.1) is 12.0 Å². The summed E-state index contributed by atoms with van der Waals surface area (Å²) in [6.45, 7) is 0. The Labute approximate surface area is 104 Å². The molecular weight excluding hydrogens is 267 g/mol. The molecule has 3 N–H and O–H groups in total. The first-order chi connectivity index (χ1) is 8.41. The van der Waals surface area contributed by atoms with E-state index in [4.69, 9.17) is 5.84 Å². The van der Waals surface area contributed by atoms with Gasteiger partial charge in [-0.25, -0.2) is 15.4 Å². The van der Waals surface area contributed by atoms with Crippen LogP contribution in [-0.4, -0.2) is 14.5 Å². The molecule has 0 aromatic carbocycles. The zero-order valence-corrected chi connectivity index (χ0v) is 10.1. The van der Waals surface area contributed by atoms with Crippen LogP contribution in [0, 0.1) is 0 Å². The Morgan fingerprint density at radius 1 is 1.44 bits per heavy atom. The van der Waals surface area contributed by atoms with Crippen LogP contribution in [0.3, 0.4) is 0 Å². The van der Waals surface area contributed by atoms with Crippen molar-refractivity contribution in [1.29, 1.82) is 0 Å². The van der Waals surface area contributed by atoms with E-state index >= 15 is 0 Å². The van der Waals surface area contributed by atoms with Crippen LogP contribution in [0.2, 0.25) is 0 Å². The van der Waals surface area contributed by atoms with Crippen molar-refractivity contribution in [3.8, 4) is 0 Å². The second kappa shape index (κ2) is 4.67. The molecule has 0 amide bonds. The molecule has 18 heavy (non-hydrogen) atoms. The molecule has 2 rings (SSSR count). The fourth-order valence-corrected chi connectivity index (χ4v) is 2.30. The van der Waals surface area contributed by atoms with E-state index in [9.17, 15) is 13.2 Å². The third-order valence-electron chi connectivity index (χ3n) is 2.24. The van der Waals surface area contributed by atoms with E-state index in [1.807, 2.05) is 0 Å². The van der Waals surface area contributed by atoms with E-state index in [1.54, 1.807) is 24.1 Å². The first-order valence-corrected chi connectivity index (χ1v) is 5.70. The Balaban J connectivity index is 2.31. The van der Waals surface area contributed by atoms with Gasteiger partial charge in [-0.2, -0.15) is 13.2 Å². The molecule has 98 valence electrons. The van der Waals surface area contributed by atoms with Crippen LogP contribution in [-0.2, 0) is 13.2 Å². The molecule has 0 saturated carbocycles. The Hall–Kier alpha value is -1.45. The molecule has 5 nitrogen and oxygen atoms in total. The van der Waals surface area contributed by atoms with E-state index in [1.165, 1.54) is 0 Å². The van der Waals surface area contributed by atoms with E-state index in [0.717, 1.165) is 6.20 Å². The summed E-state index contributed by atoms with van der Waals surface area (Å²) in [4.78, 5) is 7.77. The molecule has 1 unspecified atom stereocenters. The second-order valence-corrected chi connectivity index (χ2v) is 4.69. The van der Waals surface area contributed by atoms with Crippen molar-refractivity contribution in [3.05, 3.63) is 34.3 Å². The molecule has 0 aliphatic heterocycles. The highest BCUT2D eigenvalue weighted by Gasteiger charge is 2.35. The zero-order valence-electron chi connectivity index (χ0n) is 9.27. The van der Waals surface area contributed by atoms with Gasteiger partial charge >= 0.3 is 6.18 Å². The lowest BCUT2D eigenvalue weighted by molar-refractivity contribution is -0.137. The fraction of sp³-hybridized carbons (Fsp3) is 0.333. The lowest BCUT2D eigenvalue weighted by atomic mass is 10.2. The van der Waals surface area contributed by atoms with Crippen molar-refractivity contribution in [2.75, 3.05) is 0 Å².